The van der Waals surface area contributed by atoms with E-state index in [-0.39, 0.29) is 12.5 Å². The van der Waals surface area contributed by atoms with Crippen LogP contribution in [-0.4, -0.2) is 37.6 Å². The van der Waals surface area contributed by atoms with E-state index < -0.39 is 0 Å². The van der Waals surface area contributed by atoms with Crippen LogP contribution in [0.15, 0.2) is 30.3 Å². The van der Waals surface area contributed by atoms with Crippen molar-refractivity contribution in [3.05, 3.63) is 35.9 Å². The molecule has 0 aliphatic heterocycles. The SMILES string of the molecule is CCCN(C)C(=O)COCCc1ccccc1. The van der Waals surface area contributed by atoms with Crippen LogP contribution in [0.2, 0.25) is 0 Å². The molecule has 0 spiro atoms. The van der Waals surface area contributed by atoms with E-state index in [0.717, 1.165) is 19.4 Å². The van der Waals surface area contributed by atoms with Crippen LogP contribution in [0.4, 0.5) is 0 Å². The van der Waals surface area contributed by atoms with Gasteiger partial charge >= 0.3 is 0 Å². The van der Waals surface area contributed by atoms with Crippen molar-refractivity contribution in [2.45, 2.75) is 19.8 Å². The van der Waals surface area contributed by atoms with Gasteiger partial charge in [-0.3, -0.25) is 4.79 Å². The number of ether oxygens (including phenoxy) is 1. The van der Waals surface area contributed by atoms with Crippen molar-refractivity contribution in [3.8, 4) is 0 Å². The molecule has 0 atom stereocenters. The normalized spacial score (nSPS) is 10.2. The lowest BCUT2D eigenvalue weighted by Gasteiger charge is -2.15. The topological polar surface area (TPSA) is 29.5 Å². The molecule has 94 valence electrons. The smallest absolute Gasteiger partial charge is 0.248 e. The van der Waals surface area contributed by atoms with E-state index in [1.54, 1.807) is 4.90 Å². The van der Waals surface area contributed by atoms with Crippen molar-refractivity contribution < 1.29 is 9.53 Å². The largest absolute Gasteiger partial charge is 0.371 e. The van der Waals surface area contributed by atoms with Gasteiger partial charge in [0, 0.05) is 13.6 Å². The Balaban J connectivity index is 2.14. The average Bonchev–Trinajstić information content (AvgIpc) is 2.36. The number of amides is 1. The van der Waals surface area contributed by atoms with Gasteiger partial charge < -0.3 is 9.64 Å². The molecule has 0 saturated heterocycles. The van der Waals surface area contributed by atoms with E-state index in [1.807, 2.05) is 25.2 Å². The number of carbonyl (C=O) groups is 1. The first-order chi connectivity index (χ1) is 8.24. The quantitative estimate of drug-likeness (QED) is 0.677. The molecule has 1 aromatic carbocycles. The van der Waals surface area contributed by atoms with Gasteiger partial charge in [-0.25, -0.2) is 0 Å². The maximum Gasteiger partial charge on any atom is 0.248 e. The molecule has 17 heavy (non-hydrogen) atoms. The summed E-state index contributed by atoms with van der Waals surface area (Å²) in [5.74, 6) is 0.0555. The van der Waals surface area contributed by atoms with Gasteiger partial charge in [-0.15, -0.1) is 0 Å². The maximum atomic E-state index is 11.5. The van der Waals surface area contributed by atoms with Crippen LogP contribution in [0, 0.1) is 0 Å². The van der Waals surface area contributed by atoms with Gasteiger partial charge in [-0.2, -0.15) is 0 Å². The van der Waals surface area contributed by atoms with Crippen molar-refractivity contribution in [2.24, 2.45) is 0 Å². The first kappa shape index (κ1) is 13.7. The minimum atomic E-state index is 0.0555. The van der Waals surface area contributed by atoms with E-state index in [9.17, 15) is 4.79 Å². The molecule has 3 nitrogen and oxygen atoms in total. The highest BCUT2D eigenvalue weighted by molar-refractivity contribution is 5.77. The standard InChI is InChI=1S/C14H21NO2/c1-3-10-15(2)14(16)12-17-11-9-13-7-5-4-6-8-13/h4-8H,3,9-12H2,1-2H3. The molecule has 0 bridgehead atoms. The van der Waals surface area contributed by atoms with Crippen LogP contribution in [0.1, 0.15) is 18.9 Å². The third kappa shape index (κ3) is 5.50. The summed E-state index contributed by atoms with van der Waals surface area (Å²) in [4.78, 5) is 13.3. The predicted molar refractivity (Wildman–Crippen MR) is 68.9 cm³/mol. The number of hydrogen-bond acceptors (Lipinski definition) is 2. The molecule has 0 aromatic heterocycles. The summed E-state index contributed by atoms with van der Waals surface area (Å²) in [6, 6.07) is 10.1. The summed E-state index contributed by atoms with van der Waals surface area (Å²) in [5, 5.41) is 0. The van der Waals surface area contributed by atoms with Gasteiger partial charge in [0.05, 0.1) is 6.61 Å². The van der Waals surface area contributed by atoms with Crippen molar-refractivity contribution in [2.75, 3.05) is 26.8 Å². The molecule has 3 heteroatoms. The van der Waals surface area contributed by atoms with Crippen LogP contribution < -0.4 is 0 Å². The van der Waals surface area contributed by atoms with Crippen LogP contribution in [0.5, 0.6) is 0 Å². The third-order valence-electron chi connectivity index (χ3n) is 2.59. The summed E-state index contributed by atoms with van der Waals surface area (Å²) in [6.07, 6.45) is 1.83. The van der Waals surface area contributed by atoms with Crippen molar-refractivity contribution in [1.82, 2.24) is 4.90 Å². The Labute approximate surface area is 103 Å². The second kappa shape index (κ2) is 7.85. The highest BCUT2D eigenvalue weighted by atomic mass is 16.5. The summed E-state index contributed by atoms with van der Waals surface area (Å²) >= 11 is 0. The molecule has 0 fully saturated rings. The second-order valence-corrected chi connectivity index (χ2v) is 4.10. The van der Waals surface area contributed by atoms with Crippen molar-refractivity contribution >= 4 is 5.91 Å². The zero-order valence-corrected chi connectivity index (χ0v) is 10.7. The molecule has 1 aromatic rings. The minimum absolute atomic E-state index is 0.0555. The summed E-state index contributed by atoms with van der Waals surface area (Å²) in [5.41, 5.74) is 1.24. The van der Waals surface area contributed by atoms with E-state index in [0.29, 0.717) is 6.61 Å². The third-order valence-corrected chi connectivity index (χ3v) is 2.59. The zero-order valence-electron chi connectivity index (χ0n) is 10.7. The molecule has 0 radical (unpaired) electrons. The molecule has 0 saturated carbocycles. The fourth-order valence-corrected chi connectivity index (χ4v) is 1.56. The number of hydrogen-bond donors (Lipinski definition) is 0. The molecule has 1 rings (SSSR count). The molecule has 0 unspecified atom stereocenters. The van der Waals surface area contributed by atoms with E-state index in [4.69, 9.17) is 4.74 Å². The molecule has 0 aliphatic carbocycles. The number of carbonyl (C=O) groups excluding carboxylic acids is 1. The van der Waals surface area contributed by atoms with Gasteiger partial charge in [-0.05, 0) is 18.4 Å². The average molecular weight is 235 g/mol. The first-order valence-corrected chi connectivity index (χ1v) is 6.09. The van der Waals surface area contributed by atoms with Crippen LogP contribution >= 0.6 is 0 Å². The highest BCUT2D eigenvalue weighted by Crippen LogP contribution is 1.99. The summed E-state index contributed by atoms with van der Waals surface area (Å²) in [6.45, 7) is 3.62. The Morgan fingerprint density at radius 1 is 1.29 bits per heavy atom. The summed E-state index contributed by atoms with van der Waals surface area (Å²) in [7, 11) is 1.81. The minimum Gasteiger partial charge on any atom is -0.371 e. The van der Waals surface area contributed by atoms with Gasteiger partial charge in [0.25, 0.3) is 0 Å². The number of likely N-dealkylation sites (N-methyl/N-ethyl adjacent to an activating group) is 1. The van der Waals surface area contributed by atoms with Gasteiger partial charge in [0.15, 0.2) is 0 Å². The zero-order chi connectivity index (χ0) is 12.5. The van der Waals surface area contributed by atoms with Crippen LogP contribution in [0.3, 0.4) is 0 Å². The second-order valence-electron chi connectivity index (χ2n) is 4.10. The first-order valence-electron chi connectivity index (χ1n) is 6.09. The molecule has 0 aliphatic rings. The molecular weight excluding hydrogens is 214 g/mol. The monoisotopic (exact) mass is 235 g/mol. The lowest BCUT2D eigenvalue weighted by atomic mass is 10.2. The lowest BCUT2D eigenvalue weighted by Crippen LogP contribution is -2.31. The number of nitrogens with zero attached hydrogens (tertiary/aromatic N) is 1. The molecule has 0 N–H and O–H groups in total. The Morgan fingerprint density at radius 3 is 2.65 bits per heavy atom. The molecule has 0 heterocycles. The molecule has 1 amide bonds. The van der Waals surface area contributed by atoms with Crippen LogP contribution in [-0.2, 0) is 16.0 Å². The van der Waals surface area contributed by atoms with Gasteiger partial charge in [0.2, 0.25) is 5.91 Å². The summed E-state index contributed by atoms with van der Waals surface area (Å²) < 4.78 is 5.38. The number of rotatable bonds is 7. The maximum absolute atomic E-state index is 11.5. The predicted octanol–water partition coefficient (Wildman–Crippen LogP) is 2.11. The fourth-order valence-electron chi connectivity index (χ4n) is 1.56. The Kier molecular flexibility index (Phi) is 6.33. The van der Waals surface area contributed by atoms with Crippen molar-refractivity contribution in [3.63, 3.8) is 0 Å². The van der Waals surface area contributed by atoms with E-state index in [1.165, 1.54) is 5.56 Å². The Hall–Kier alpha value is -1.35. The molecular formula is C14H21NO2. The van der Waals surface area contributed by atoms with Gasteiger partial charge in [0.1, 0.15) is 6.61 Å². The Morgan fingerprint density at radius 2 is 2.00 bits per heavy atom. The van der Waals surface area contributed by atoms with E-state index >= 15 is 0 Å². The van der Waals surface area contributed by atoms with E-state index in [2.05, 4.69) is 19.1 Å². The Bertz CT molecular complexity index is 324. The van der Waals surface area contributed by atoms with Gasteiger partial charge in [-0.1, -0.05) is 37.3 Å². The van der Waals surface area contributed by atoms with Crippen LogP contribution in [0.25, 0.3) is 0 Å². The van der Waals surface area contributed by atoms with Crippen molar-refractivity contribution in [1.29, 1.82) is 0 Å². The highest BCUT2D eigenvalue weighted by Gasteiger charge is 2.06. The fraction of sp³-hybridized carbons (Fsp3) is 0.500. The number of benzene rings is 1. The lowest BCUT2D eigenvalue weighted by molar-refractivity contribution is -0.134.